The minimum Gasteiger partial charge on any atom is -0.466 e. The lowest BCUT2D eigenvalue weighted by Gasteiger charge is -2.10. The normalized spacial score (nSPS) is 10.5. The van der Waals surface area contributed by atoms with Crippen molar-refractivity contribution in [3.63, 3.8) is 0 Å². The first-order chi connectivity index (χ1) is 7.56. The maximum absolute atomic E-state index is 12.6. The van der Waals surface area contributed by atoms with Crippen LogP contribution < -0.4 is 5.73 Å². The monoisotopic (exact) mass is 230 g/mol. The Balaban J connectivity index is 2.97. The molecule has 0 aromatic carbocycles. The van der Waals surface area contributed by atoms with Gasteiger partial charge in [0.05, 0.1) is 24.9 Å². The average Bonchev–Trinajstić information content (AvgIpc) is 2.21. The number of alkyl halides is 2. The van der Waals surface area contributed by atoms with Crippen molar-refractivity contribution in [1.29, 1.82) is 0 Å². The Morgan fingerprint density at radius 2 is 2.25 bits per heavy atom. The van der Waals surface area contributed by atoms with E-state index in [0.717, 1.165) is 6.20 Å². The van der Waals surface area contributed by atoms with Crippen molar-refractivity contribution in [3.8, 4) is 0 Å². The molecular formula is C10H12F2N2O2. The molecule has 0 fully saturated rings. The number of nitrogen functional groups attached to an aromatic ring is 1. The summed E-state index contributed by atoms with van der Waals surface area (Å²) in [7, 11) is 0. The number of anilines is 1. The maximum atomic E-state index is 12.6. The summed E-state index contributed by atoms with van der Waals surface area (Å²) in [5.41, 5.74) is 5.34. The second-order valence-electron chi connectivity index (χ2n) is 3.08. The van der Waals surface area contributed by atoms with Gasteiger partial charge >= 0.3 is 5.97 Å². The van der Waals surface area contributed by atoms with Crippen molar-refractivity contribution < 1.29 is 18.3 Å². The number of carbonyl (C=O) groups excluding carboxylic acids is 1. The summed E-state index contributed by atoms with van der Waals surface area (Å²) in [4.78, 5) is 14.8. The summed E-state index contributed by atoms with van der Waals surface area (Å²) >= 11 is 0. The van der Waals surface area contributed by atoms with Crippen LogP contribution in [0.25, 0.3) is 0 Å². The minimum absolute atomic E-state index is 0.0749. The van der Waals surface area contributed by atoms with Crippen LogP contribution in [-0.4, -0.2) is 17.6 Å². The molecule has 0 saturated heterocycles. The summed E-state index contributed by atoms with van der Waals surface area (Å²) in [6.07, 6.45) is -0.724. The Morgan fingerprint density at radius 1 is 1.56 bits per heavy atom. The standard InChI is InChI=1S/C10H12F2N2O2/c1-2-16-9(15)3-6-7(10(11)12)4-14-5-8(6)13/h4-5,10H,2-3,13H2,1H3. The molecule has 6 heteroatoms. The smallest absolute Gasteiger partial charge is 0.310 e. The van der Waals surface area contributed by atoms with E-state index in [1.54, 1.807) is 6.92 Å². The summed E-state index contributed by atoms with van der Waals surface area (Å²) in [6.45, 7) is 1.84. The van der Waals surface area contributed by atoms with Gasteiger partial charge < -0.3 is 10.5 Å². The highest BCUT2D eigenvalue weighted by molar-refractivity contribution is 5.75. The second-order valence-corrected chi connectivity index (χ2v) is 3.08. The van der Waals surface area contributed by atoms with Crippen molar-refractivity contribution in [2.75, 3.05) is 12.3 Å². The van der Waals surface area contributed by atoms with Gasteiger partial charge in [0, 0.05) is 11.8 Å². The van der Waals surface area contributed by atoms with E-state index in [0.29, 0.717) is 0 Å². The van der Waals surface area contributed by atoms with Crippen LogP contribution in [-0.2, 0) is 16.0 Å². The highest BCUT2D eigenvalue weighted by Crippen LogP contribution is 2.26. The Morgan fingerprint density at radius 3 is 2.81 bits per heavy atom. The molecule has 4 nitrogen and oxygen atoms in total. The van der Waals surface area contributed by atoms with Crippen LogP contribution in [0.4, 0.5) is 14.5 Å². The number of nitrogens with zero attached hydrogens (tertiary/aromatic N) is 1. The van der Waals surface area contributed by atoms with Crippen LogP contribution in [0.5, 0.6) is 0 Å². The molecule has 16 heavy (non-hydrogen) atoms. The van der Waals surface area contributed by atoms with Gasteiger partial charge in [0.1, 0.15) is 0 Å². The van der Waals surface area contributed by atoms with Crippen molar-refractivity contribution in [3.05, 3.63) is 23.5 Å². The van der Waals surface area contributed by atoms with Gasteiger partial charge in [0.2, 0.25) is 0 Å². The Bertz CT molecular complexity index is 383. The lowest BCUT2D eigenvalue weighted by molar-refractivity contribution is -0.142. The Hall–Kier alpha value is -1.72. The van der Waals surface area contributed by atoms with Crippen molar-refractivity contribution in [2.45, 2.75) is 19.8 Å². The topological polar surface area (TPSA) is 65.2 Å². The minimum atomic E-state index is -2.71. The number of carbonyl (C=O) groups is 1. The summed E-state index contributed by atoms with van der Waals surface area (Å²) in [5, 5.41) is 0. The molecule has 1 rings (SSSR count). The van der Waals surface area contributed by atoms with E-state index in [4.69, 9.17) is 5.73 Å². The largest absolute Gasteiger partial charge is 0.466 e. The van der Waals surface area contributed by atoms with Crippen molar-refractivity contribution >= 4 is 11.7 Å². The lowest BCUT2D eigenvalue weighted by atomic mass is 10.1. The summed E-state index contributed by atoms with van der Waals surface area (Å²) in [6, 6.07) is 0. The SMILES string of the molecule is CCOC(=O)Cc1c(N)cncc1C(F)F. The molecule has 0 amide bonds. The molecule has 0 bridgehead atoms. The van der Waals surface area contributed by atoms with E-state index >= 15 is 0 Å². The first-order valence-electron chi connectivity index (χ1n) is 4.72. The molecule has 1 heterocycles. The Labute approximate surface area is 91.4 Å². The van der Waals surface area contributed by atoms with Crippen LogP contribution in [0.3, 0.4) is 0 Å². The number of rotatable bonds is 4. The number of nitrogens with two attached hydrogens (primary N) is 1. The third-order valence-electron chi connectivity index (χ3n) is 1.99. The zero-order valence-corrected chi connectivity index (χ0v) is 8.74. The quantitative estimate of drug-likeness (QED) is 0.799. The number of aromatic nitrogens is 1. The molecule has 0 atom stereocenters. The molecule has 0 radical (unpaired) electrons. The van der Waals surface area contributed by atoms with E-state index in [1.165, 1.54) is 6.20 Å². The highest BCUT2D eigenvalue weighted by Gasteiger charge is 2.18. The molecule has 2 N–H and O–H groups in total. The van der Waals surface area contributed by atoms with Gasteiger partial charge in [-0.3, -0.25) is 9.78 Å². The highest BCUT2D eigenvalue weighted by atomic mass is 19.3. The Kier molecular flexibility index (Phi) is 4.16. The van der Waals surface area contributed by atoms with Crippen LogP contribution in [0.1, 0.15) is 24.5 Å². The van der Waals surface area contributed by atoms with Gasteiger partial charge in [-0.1, -0.05) is 0 Å². The number of hydrogen-bond acceptors (Lipinski definition) is 4. The third-order valence-corrected chi connectivity index (χ3v) is 1.99. The fourth-order valence-electron chi connectivity index (χ4n) is 1.27. The number of halogens is 2. The average molecular weight is 230 g/mol. The molecule has 1 aromatic rings. The van der Waals surface area contributed by atoms with Crippen molar-refractivity contribution in [2.24, 2.45) is 0 Å². The molecule has 0 aliphatic rings. The van der Waals surface area contributed by atoms with E-state index in [-0.39, 0.29) is 29.8 Å². The molecule has 0 aliphatic carbocycles. The molecular weight excluding hydrogens is 218 g/mol. The van der Waals surface area contributed by atoms with Gasteiger partial charge in [-0.2, -0.15) is 0 Å². The van der Waals surface area contributed by atoms with Gasteiger partial charge in [-0.25, -0.2) is 8.78 Å². The first-order valence-corrected chi connectivity index (χ1v) is 4.72. The molecule has 1 aromatic heterocycles. The number of hydrogen-bond donors (Lipinski definition) is 1. The third kappa shape index (κ3) is 2.88. The number of esters is 1. The predicted molar refractivity (Wildman–Crippen MR) is 53.9 cm³/mol. The zero-order chi connectivity index (χ0) is 12.1. The van der Waals surface area contributed by atoms with Crippen LogP contribution in [0.15, 0.2) is 12.4 Å². The molecule has 0 saturated carbocycles. The number of pyridine rings is 1. The van der Waals surface area contributed by atoms with E-state index < -0.39 is 12.4 Å². The van der Waals surface area contributed by atoms with Crippen LogP contribution in [0.2, 0.25) is 0 Å². The molecule has 0 unspecified atom stereocenters. The zero-order valence-electron chi connectivity index (χ0n) is 8.74. The molecule has 0 aliphatic heterocycles. The number of ether oxygens (including phenoxy) is 1. The second kappa shape index (κ2) is 5.39. The van der Waals surface area contributed by atoms with Crippen molar-refractivity contribution in [1.82, 2.24) is 4.98 Å². The predicted octanol–water partition coefficient (Wildman–Crippen LogP) is 1.71. The maximum Gasteiger partial charge on any atom is 0.310 e. The fraction of sp³-hybridized carbons (Fsp3) is 0.400. The fourth-order valence-corrected chi connectivity index (χ4v) is 1.27. The summed E-state index contributed by atoms with van der Waals surface area (Å²) in [5.74, 6) is -0.581. The van der Waals surface area contributed by atoms with E-state index in [1.807, 2.05) is 0 Å². The lowest BCUT2D eigenvalue weighted by Crippen LogP contribution is -2.12. The van der Waals surface area contributed by atoms with Crippen LogP contribution in [0, 0.1) is 0 Å². The van der Waals surface area contributed by atoms with E-state index in [9.17, 15) is 13.6 Å². The van der Waals surface area contributed by atoms with Gasteiger partial charge in [0.15, 0.2) is 0 Å². The van der Waals surface area contributed by atoms with Gasteiger partial charge in [0.25, 0.3) is 6.43 Å². The molecule has 0 spiro atoms. The molecule has 88 valence electrons. The first kappa shape index (κ1) is 12.4. The van der Waals surface area contributed by atoms with Gasteiger partial charge in [-0.05, 0) is 12.5 Å². The van der Waals surface area contributed by atoms with E-state index in [2.05, 4.69) is 9.72 Å². The van der Waals surface area contributed by atoms with Gasteiger partial charge in [-0.15, -0.1) is 0 Å². The summed E-state index contributed by atoms with van der Waals surface area (Å²) < 4.78 is 29.9. The van der Waals surface area contributed by atoms with Crippen LogP contribution >= 0.6 is 0 Å².